The molecule has 0 fully saturated rings. The summed E-state index contributed by atoms with van der Waals surface area (Å²) in [7, 11) is 0. The average Bonchev–Trinajstić information content (AvgIpc) is 2.54. The highest BCUT2D eigenvalue weighted by atomic mass is 16.5. The van der Waals surface area contributed by atoms with Crippen LogP contribution in [-0.2, 0) is 11.3 Å². The number of rotatable bonds is 6. The summed E-state index contributed by atoms with van der Waals surface area (Å²) in [6.07, 6.45) is 0. The normalized spacial score (nSPS) is 9.76. The fourth-order valence-electron chi connectivity index (χ4n) is 1.82. The number of hydrogen-bond acceptors (Lipinski definition) is 3. The fourth-order valence-corrected chi connectivity index (χ4v) is 1.82. The van der Waals surface area contributed by atoms with Crippen LogP contribution in [0.25, 0.3) is 0 Å². The predicted molar refractivity (Wildman–Crippen MR) is 84.0 cm³/mol. The Morgan fingerprint density at radius 2 is 1.81 bits per heavy atom. The molecule has 2 aromatic carbocycles. The van der Waals surface area contributed by atoms with Crippen molar-refractivity contribution in [2.75, 3.05) is 19.8 Å². The summed E-state index contributed by atoms with van der Waals surface area (Å²) in [6.45, 7) is 2.01. The van der Waals surface area contributed by atoms with Crippen molar-refractivity contribution < 1.29 is 9.47 Å². The first-order valence-electron chi connectivity index (χ1n) is 6.92. The van der Waals surface area contributed by atoms with E-state index in [9.17, 15) is 0 Å². The second-order valence-corrected chi connectivity index (χ2v) is 4.42. The molecular weight excluding hydrogens is 262 g/mol. The first kappa shape index (κ1) is 15.1. The Kier molecular flexibility index (Phi) is 6.34. The van der Waals surface area contributed by atoms with Gasteiger partial charge in [-0.3, -0.25) is 0 Å². The summed E-state index contributed by atoms with van der Waals surface area (Å²) in [5, 5.41) is 0. The third kappa shape index (κ3) is 5.70. The molecule has 0 saturated carbocycles. The van der Waals surface area contributed by atoms with Gasteiger partial charge in [0.15, 0.2) is 0 Å². The summed E-state index contributed by atoms with van der Waals surface area (Å²) in [4.78, 5) is 0. The molecule has 0 aliphatic heterocycles. The Morgan fingerprint density at radius 1 is 0.952 bits per heavy atom. The SMILES string of the molecule is NCC#Cc1cccc(COCCOc2ccccc2)c1. The minimum absolute atomic E-state index is 0.373. The van der Waals surface area contributed by atoms with E-state index in [4.69, 9.17) is 15.2 Å². The van der Waals surface area contributed by atoms with Gasteiger partial charge >= 0.3 is 0 Å². The van der Waals surface area contributed by atoms with Crippen LogP contribution in [0, 0.1) is 11.8 Å². The molecule has 2 rings (SSSR count). The van der Waals surface area contributed by atoms with Crippen molar-refractivity contribution in [1.82, 2.24) is 0 Å². The second-order valence-electron chi connectivity index (χ2n) is 4.42. The summed E-state index contributed by atoms with van der Waals surface area (Å²) in [5.41, 5.74) is 7.42. The van der Waals surface area contributed by atoms with Gasteiger partial charge in [0.05, 0.1) is 19.8 Å². The van der Waals surface area contributed by atoms with Crippen LogP contribution in [0.4, 0.5) is 0 Å². The number of nitrogens with two attached hydrogens (primary N) is 1. The Labute approximate surface area is 125 Å². The van der Waals surface area contributed by atoms with Gasteiger partial charge in [-0.15, -0.1) is 0 Å². The van der Waals surface area contributed by atoms with Gasteiger partial charge in [0.25, 0.3) is 0 Å². The largest absolute Gasteiger partial charge is 0.491 e. The summed E-state index contributed by atoms with van der Waals surface area (Å²) in [6, 6.07) is 17.7. The monoisotopic (exact) mass is 281 g/mol. The first-order valence-corrected chi connectivity index (χ1v) is 6.92. The second kappa shape index (κ2) is 8.80. The molecule has 0 unspecified atom stereocenters. The van der Waals surface area contributed by atoms with Crippen LogP contribution in [0.1, 0.15) is 11.1 Å². The molecule has 21 heavy (non-hydrogen) atoms. The molecule has 2 aromatic rings. The zero-order chi connectivity index (χ0) is 14.8. The smallest absolute Gasteiger partial charge is 0.119 e. The lowest BCUT2D eigenvalue weighted by molar-refractivity contribution is 0.0889. The molecule has 0 radical (unpaired) electrons. The van der Waals surface area contributed by atoms with Crippen molar-refractivity contribution >= 4 is 0 Å². The number of hydrogen-bond donors (Lipinski definition) is 1. The van der Waals surface area contributed by atoms with E-state index in [0.717, 1.165) is 16.9 Å². The molecule has 0 atom stereocenters. The van der Waals surface area contributed by atoms with Crippen molar-refractivity contribution in [3.63, 3.8) is 0 Å². The molecule has 3 nitrogen and oxygen atoms in total. The molecule has 3 heteroatoms. The van der Waals surface area contributed by atoms with Crippen molar-refractivity contribution in [2.45, 2.75) is 6.61 Å². The summed E-state index contributed by atoms with van der Waals surface area (Å²) < 4.78 is 11.2. The van der Waals surface area contributed by atoms with Gasteiger partial charge in [-0.25, -0.2) is 0 Å². The van der Waals surface area contributed by atoms with Crippen LogP contribution in [0.15, 0.2) is 54.6 Å². The maximum atomic E-state index is 5.60. The standard InChI is InChI=1S/C18H19NO2/c19-11-5-8-16-6-4-7-17(14-16)15-20-12-13-21-18-9-2-1-3-10-18/h1-4,6-7,9-10,14H,11-13,15,19H2. The summed E-state index contributed by atoms with van der Waals surface area (Å²) in [5.74, 6) is 6.72. The van der Waals surface area contributed by atoms with Gasteiger partial charge < -0.3 is 15.2 Å². The molecular formula is C18H19NO2. The lowest BCUT2D eigenvalue weighted by Crippen LogP contribution is -2.06. The van der Waals surface area contributed by atoms with Gasteiger partial charge in [0.2, 0.25) is 0 Å². The van der Waals surface area contributed by atoms with Crippen LogP contribution >= 0.6 is 0 Å². The van der Waals surface area contributed by atoms with E-state index in [0.29, 0.717) is 26.4 Å². The van der Waals surface area contributed by atoms with Gasteiger partial charge in [0, 0.05) is 5.56 Å². The number of benzene rings is 2. The van der Waals surface area contributed by atoms with Gasteiger partial charge in [-0.1, -0.05) is 42.2 Å². The molecule has 0 aliphatic carbocycles. The van der Waals surface area contributed by atoms with E-state index >= 15 is 0 Å². The first-order chi connectivity index (χ1) is 10.4. The fraction of sp³-hybridized carbons (Fsp3) is 0.222. The third-order valence-corrected chi connectivity index (χ3v) is 2.77. The molecule has 0 aliphatic rings. The van der Waals surface area contributed by atoms with Gasteiger partial charge in [-0.2, -0.15) is 0 Å². The van der Waals surface area contributed by atoms with E-state index in [1.54, 1.807) is 0 Å². The number of para-hydroxylation sites is 1. The van der Waals surface area contributed by atoms with Crippen LogP contribution < -0.4 is 10.5 Å². The highest BCUT2D eigenvalue weighted by molar-refractivity contribution is 5.37. The van der Waals surface area contributed by atoms with Crippen LogP contribution in [-0.4, -0.2) is 19.8 Å². The van der Waals surface area contributed by atoms with E-state index < -0.39 is 0 Å². The van der Waals surface area contributed by atoms with Gasteiger partial charge in [-0.05, 0) is 29.8 Å². The molecule has 108 valence electrons. The van der Waals surface area contributed by atoms with E-state index in [-0.39, 0.29) is 0 Å². The lowest BCUT2D eigenvalue weighted by Gasteiger charge is -2.07. The molecule has 0 spiro atoms. The lowest BCUT2D eigenvalue weighted by atomic mass is 10.1. The zero-order valence-corrected chi connectivity index (χ0v) is 11.9. The highest BCUT2D eigenvalue weighted by Crippen LogP contribution is 2.08. The van der Waals surface area contributed by atoms with E-state index in [2.05, 4.69) is 11.8 Å². The molecule has 0 heterocycles. The topological polar surface area (TPSA) is 44.5 Å². The predicted octanol–water partition coefficient (Wildman–Crippen LogP) is 2.59. The van der Waals surface area contributed by atoms with Gasteiger partial charge in [0.1, 0.15) is 12.4 Å². The Balaban J connectivity index is 1.71. The third-order valence-electron chi connectivity index (χ3n) is 2.77. The van der Waals surface area contributed by atoms with E-state index in [1.165, 1.54) is 0 Å². The van der Waals surface area contributed by atoms with Crippen molar-refractivity contribution in [1.29, 1.82) is 0 Å². The Hall–Kier alpha value is -2.28. The van der Waals surface area contributed by atoms with E-state index in [1.807, 2.05) is 54.6 Å². The van der Waals surface area contributed by atoms with Crippen LogP contribution in [0.2, 0.25) is 0 Å². The molecule has 2 N–H and O–H groups in total. The molecule has 0 aromatic heterocycles. The summed E-state index contributed by atoms with van der Waals surface area (Å²) >= 11 is 0. The maximum Gasteiger partial charge on any atom is 0.119 e. The Bertz CT molecular complexity index is 599. The van der Waals surface area contributed by atoms with Crippen LogP contribution in [0.3, 0.4) is 0 Å². The molecule has 0 bridgehead atoms. The highest BCUT2D eigenvalue weighted by Gasteiger charge is 1.96. The average molecular weight is 281 g/mol. The minimum Gasteiger partial charge on any atom is -0.491 e. The van der Waals surface area contributed by atoms with Crippen LogP contribution in [0.5, 0.6) is 5.75 Å². The zero-order valence-electron chi connectivity index (χ0n) is 11.9. The van der Waals surface area contributed by atoms with Crippen molar-refractivity contribution in [3.8, 4) is 17.6 Å². The quantitative estimate of drug-likeness (QED) is 0.654. The Morgan fingerprint density at radius 3 is 2.62 bits per heavy atom. The maximum absolute atomic E-state index is 5.60. The molecule has 0 saturated heterocycles. The minimum atomic E-state index is 0.373. The molecule has 0 amide bonds. The van der Waals surface area contributed by atoms with Crippen molar-refractivity contribution in [3.05, 3.63) is 65.7 Å². The van der Waals surface area contributed by atoms with Crippen molar-refractivity contribution in [2.24, 2.45) is 5.73 Å². The number of ether oxygens (including phenoxy) is 2.